The molecule has 0 spiro atoms. The molecule has 0 bridgehead atoms. The first kappa shape index (κ1) is 21.9. The molecule has 6 nitrogen and oxygen atoms in total. The van der Waals surface area contributed by atoms with Gasteiger partial charge >= 0.3 is 0 Å². The average Bonchev–Trinajstić information content (AvgIpc) is 3.27. The van der Waals surface area contributed by atoms with Crippen molar-refractivity contribution in [3.8, 4) is 0 Å². The van der Waals surface area contributed by atoms with Gasteiger partial charge in [0.2, 0.25) is 0 Å². The number of rotatable bonds is 7. The number of piperidine rings is 1. The number of hydrogen-bond donors (Lipinski definition) is 1. The van der Waals surface area contributed by atoms with Crippen molar-refractivity contribution in [2.75, 3.05) is 19.6 Å². The highest BCUT2D eigenvalue weighted by Gasteiger charge is 2.25. The Hall–Kier alpha value is -3.29. The van der Waals surface area contributed by atoms with Crippen molar-refractivity contribution in [1.29, 1.82) is 0 Å². The minimum absolute atomic E-state index is 0.0761. The van der Waals surface area contributed by atoms with Crippen LogP contribution in [0.3, 0.4) is 0 Å². The van der Waals surface area contributed by atoms with E-state index in [4.69, 9.17) is 0 Å². The number of unbranched alkanes of at least 4 members (excludes halogenated alkanes) is 1. The first-order valence-electron chi connectivity index (χ1n) is 11.0. The highest BCUT2D eigenvalue weighted by atomic mass is 19.1. The second kappa shape index (κ2) is 9.89. The standard InChI is InChI=1S/C24H26F2N4O2/c25-19-5-6-20(21(26)15-19)24(32)29-12-8-17(9-13-29)3-1-2-10-28-23(31)18-4-7-22-27-11-14-30(22)16-18/h4-7,11,14-17H,1-3,8-10,12-13H2,(H,28,31). The molecule has 1 aliphatic heterocycles. The summed E-state index contributed by atoms with van der Waals surface area (Å²) in [5.74, 6) is -1.47. The lowest BCUT2D eigenvalue weighted by atomic mass is 9.91. The Bertz CT molecular complexity index is 1110. The quantitative estimate of drug-likeness (QED) is 0.564. The van der Waals surface area contributed by atoms with Crippen molar-refractivity contribution in [3.05, 3.63) is 71.7 Å². The summed E-state index contributed by atoms with van der Waals surface area (Å²) >= 11 is 0. The molecule has 1 aliphatic rings. The maximum Gasteiger partial charge on any atom is 0.256 e. The van der Waals surface area contributed by atoms with Crippen LogP contribution < -0.4 is 5.32 Å². The molecule has 32 heavy (non-hydrogen) atoms. The van der Waals surface area contributed by atoms with E-state index >= 15 is 0 Å². The van der Waals surface area contributed by atoms with Gasteiger partial charge in [0, 0.05) is 44.3 Å². The third-order valence-electron chi connectivity index (χ3n) is 6.04. The van der Waals surface area contributed by atoms with Gasteiger partial charge in [0.25, 0.3) is 11.8 Å². The maximum absolute atomic E-state index is 13.9. The van der Waals surface area contributed by atoms with Crippen molar-refractivity contribution in [3.63, 3.8) is 0 Å². The second-order valence-corrected chi connectivity index (χ2v) is 8.22. The van der Waals surface area contributed by atoms with Gasteiger partial charge < -0.3 is 14.6 Å². The van der Waals surface area contributed by atoms with Gasteiger partial charge in [-0.1, -0.05) is 12.8 Å². The number of pyridine rings is 1. The number of amides is 2. The molecule has 2 amide bonds. The molecule has 1 fully saturated rings. The number of imidazole rings is 1. The normalized spacial score (nSPS) is 14.6. The third kappa shape index (κ3) is 5.12. The van der Waals surface area contributed by atoms with E-state index in [9.17, 15) is 18.4 Å². The lowest BCUT2D eigenvalue weighted by Crippen LogP contribution is -2.38. The van der Waals surface area contributed by atoms with Gasteiger partial charge in [0.05, 0.1) is 11.1 Å². The Balaban J connectivity index is 1.15. The molecule has 1 aromatic carbocycles. The summed E-state index contributed by atoms with van der Waals surface area (Å²) in [4.78, 5) is 30.6. The van der Waals surface area contributed by atoms with Crippen LogP contribution >= 0.6 is 0 Å². The van der Waals surface area contributed by atoms with E-state index in [1.54, 1.807) is 29.6 Å². The molecule has 4 rings (SSSR count). The molecular weight excluding hydrogens is 414 g/mol. The molecule has 1 N–H and O–H groups in total. The van der Waals surface area contributed by atoms with E-state index in [-0.39, 0.29) is 17.4 Å². The third-order valence-corrected chi connectivity index (χ3v) is 6.04. The molecule has 0 radical (unpaired) electrons. The number of likely N-dealkylation sites (tertiary alicyclic amines) is 1. The monoisotopic (exact) mass is 440 g/mol. The summed E-state index contributed by atoms with van der Waals surface area (Å²) < 4.78 is 28.7. The summed E-state index contributed by atoms with van der Waals surface area (Å²) in [5, 5.41) is 2.96. The number of carbonyl (C=O) groups excluding carboxylic acids is 2. The summed E-state index contributed by atoms with van der Waals surface area (Å²) in [6.45, 7) is 1.77. The van der Waals surface area contributed by atoms with Crippen molar-refractivity contribution < 1.29 is 18.4 Å². The van der Waals surface area contributed by atoms with Gasteiger partial charge in [-0.15, -0.1) is 0 Å². The van der Waals surface area contributed by atoms with Gasteiger partial charge in [0.15, 0.2) is 0 Å². The predicted molar refractivity (Wildman–Crippen MR) is 116 cm³/mol. The summed E-state index contributed by atoms with van der Waals surface area (Å²) in [5.41, 5.74) is 1.33. The fourth-order valence-corrected chi connectivity index (χ4v) is 4.17. The summed E-state index contributed by atoms with van der Waals surface area (Å²) in [6.07, 6.45) is 9.91. The molecule has 3 heterocycles. The SMILES string of the molecule is O=C(NCCCCC1CCN(C(=O)c2ccc(F)cc2F)CC1)c1ccc2nccn2c1. The number of halogens is 2. The number of carbonyl (C=O) groups is 2. The Morgan fingerprint density at radius 1 is 1.09 bits per heavy atom. The molecule has 1 saturated heterocycles. The average molecular weight is 440 g/mol. The number of fused-ring (bicyclic) bond motifs is 1. The van der Waals surface area contributed by atoms with Crippen LogP contribution in [0.1, 0.15) is 52.8 Å². The Kier molecular flexibility index (Phi) is 6.78. The zero-order valence-corrected chi connectivity index (χ0v) is 17.8. The summed E-state index contributed by atoms with van der Waals surface area (Å²) in [7, 11) is 0. The van der Waals surface area contributed by atoms with Crippen LogP contribution in [0.2, 0.25) is 0 Å². The van der Waals surface area contributed by atoms with E-state index in [0.29, 0.717) is 31.1 Å². The lowest BCUT2D eigenvalue weighted by Gasteiger charge is -2.32. The van der Waals surface area contributed by atoms with Crippen molar-refractivity contribution in [2.45, 2.75) is 32.1 Å². The highest BCUT2D eigenvalue weighted by Crippen LogP contribution is 2.24. The van der Waals surface area contributed by atoms with Gasteiger partial charge in [-0.2, -0.15) is 0 Å². The van der Waals surface area contributed by atoms with E-state index in [2.05, 4.69) is 10.3 Å². The lowest BCUT2D eigenvalue weighted by molar-refractivity contribution is 0.0681. The second-order valence-electron chi connectivity index (χ2n) is 8.22. The van der Waals surface area contributed by atoms with Crippen LogP contribution in [0.15, 0.2) is 48.9 Å². The largest absolute Gasteiger partial charge is 0.352 e. The minimum Gasteiger partial charge on any atom is -0.352 e. The van der Waals surface area contributed by atoms with E-state index in [1.807, 2.05) is 10.5 Å². The van der Waals surface area contributed by atoms with Crippen molar-refractivity contribution >= 4 is 17.5 Å². The van der Waals surface area contributed by atoms with Crippen LogP contribution in [0.25, 0.3) is 5.65 Å². The Morgan fingerprint density at radius 2 is 1.91 bits per heavy atom. The topological polar surface area (TPSA) is 66.7 Å². The van der Waals surface area contributed by atoms with Crippen LogP contribution in [-0.2, 0) is 0 Å². The number of nitrogens with one attached hydrogen (secondary N) is 1. The molecule has 3 aromatic rings. The van der Waals surface area contributed by atoms with Crippen LogP contribution in [-0.4, -0.2) is 45.7 Å². The smallest absolute Gasteiger partial charge is 0.256 e. The molecule has 8 heteroatoms. The molecule has 168 valence electrons. The molecule has 0 unspecified atom stereocenters. The number of hydrogen-bond acceptors (Lipinski definition) is 3. The zero-order valence-electron chi connectivity index (χ0n) is 17.8. The molecule has 0 aliphatic carbocycles. The molecular formula is C24H26F2N4O2. The van der Waals surface area contributed by atoms with Gasteiger partial charge in [-0.05, 0) is 49.4 Å². The maximum atomic E-state index is 13.9. The van der Waals surface area contributed by atoms with Crippen molar-refractivity contribution in [1.82, 2.24) is 19.6 Å². The summed E-state index contributed by atoms with van der Waals surface area (Å²) in [6, 6.07) is 6.65. The Morgan fingerprint density at radius 3 is 2.69 bits per heavy atom. The first-order chi connectivity index (χ1) is 15.5. The highest BCUT2D eigenvalue weighted by molar-refractivity contribution is 5.94. The van der Waals surface area contributed by atoms with Gasteiger partial charge in [-0.3, -0.25) is 9.59 Å². The Labute approximate surface area is 185 Å². The number of aromatic nitrogens is 2. The minimum atomic E-state index is -0.816. The predicted octanol–water partition coefficient (Wildman–Crippen LogP) is 4.07. The number of benzene rings is 1. The van der Waals surface area contributed by atoms with Crippen LogP contribution in [0.4, 0.5) is 8.78 Å². The molecule has 2 aromatic heterocycles. The molecule has 0 atom stereocenters. The fourth-order valence-electron chi connectivity index (χ4n) is 4.17. The van der Waals surface area contributed by atoms with E-state index in [1.165, 1.54) is 6.07 Å². The van der Waals surface area contributed by atoms with Gasteiger partial charge in [0.1, 0.15) is 17.3 Å². The first-order valence-corrected chi connectivity index (χ1v) is 11.0. The van der Waals surface area contributed by atoms with E-state index < -0.39 is 11.6 Å². The van der Waals surface area contributed by atoms with Gasteiger partial charge in [-0.25, -0.2) is 13.8 Å². The fraction of sp³-hybridized carbons (Fsp3) is 0.375. The molecule has 0 saturated carbocycles. The van der Waals surface area contributed by atoms with Crippen molar-refractivity contribution in [2.24, 2.45) is 5.92 Å². The zero-order chi connectivity index (χ0) is 22.5. The number of nitrogens with zero attached hydrogens (tertiary/aromatic N) is 3. The van der Waals surface area contributed by atoms with E-state index in [0.717, 1.165) is 49.9 Å². The van der Waals surface area contributed by atoms with Crippen LogP contribution in [0.5, 0.6) is 0 Å². The van der Waals surface area contributed by atoms with Crippen LogP contribution in [0, 0.1) is 17.6 Å².